The van der Waals surface area contributed by atoms with Gasteiger partial charge in [0.1, 0.15) is 12.8 Å². The second kappa shape index (κ2) is 7.21. The Kier molecular flexibility index (Phi) is 7.28. The predicted octanol–water partition coefficient (Wildman–Crippen LogP) is 3.41. The molecule has 0 saturated heterocycles. The summed E-state index contributed by atoms with van der Waals surface area (Å²) >= 11 is 0. The first-order chi connectivity index (χ1) is 4.77. The molecule has 1 atom stereocenters. The summed E-state index contributed by atoms with van der Waals surface area (Å²) in [7, 11) is -0.871. The number of hydrogen-bond donors (Lipinski definition) is 0. The fourth-order valence-corrected chi connectivity index (χ4v) is 1.61. The van der Waals surface area contributed by atoms with Crippen LogP contribution in [0.25, 0.3) is 0 Å². The third kappa shape index (κ3) is 8.10. The Hall–Kier alpha value is 0.100. The van der Waals surface area contributed by atoms with Crippen molar-refractivity contribution in [1.82, 2.24) is 0 Å². The molecule has 0 radical (unpaired) electrons. The third-order valence-corrected chi connectivity index (χ3v) is 2.52. The van der Waals surface area contributed by atoms with Gasteiger partial charge in [0.2, 0.25) is 0 Å². The van der Waals surface area contributed by atoms with E-state index in [4.69, 9.17) is 0 Å². The third-order valence-electron chi connectivity index (χ3n) is 1.58. The Morgan fingerprint density at radius 2 is 1.70 bits per heavy atom. The van der Waals surface area contributed by atoms with Crippen molar-refractivity contribution in [2.75, 3.05) is 12.8 Å². The van der Waals surface area contributed by atoms with Crippen LogP contribution in [0.1, 0.15) is 39.0 Å². The van der Waals surface area contributed by atoms with Gasteiger partial charge in [-0.15, -0.1) is 0 Å². The van der Waals surface area contributed by atoms with Gasteiger partial charge in [-0.25, -0.2) is 0 Å². The average molecular weight is 161 g/mol. The van der Waals surface area contributed by atoms with Gasteiger partial charge in [-0.2, -0.15) is 0 Å². The highest BCUT2D eigenvalue weighted by molar-refractivity contribution is 7.43. The lowest BCUT2D eigenvalue weighted by atomic mass is 10.2. The molecule has 1 unspecified atom stereocenters. The first-order valence-corrected chi connectivity index (χ1v) is 6.05. The molecule has 0 rings (SSSR count). The molecule has 0 amide bonds. The van der Waals surface area contributed by atoms with Crippen molar-refractivity contribution < 1.29 is 4.57 Å². The highest BCUT2D eigenvalue weighted by atomic mass is 31.1. The van der Waals surface area contributed by atoms with Gasteiger partial charge in [-0.1, -0.05) is 30.8 Å². The normalized spacial score (nSPS) is 11.6. The van der Waals surface area contributed by atoms with Crippen LogP contribution >= 0.6 is 7.80 Å². The summed E-state index contributed by atoms with van der Waals surface area (Å²) in [5.41, 5.74) is 0. The average Bonchev–Trinajstić information content (AvgIpc) is 1.87. The van der Waals surface area contributed by atoms with Crippen LogP contribution in [0.3, 0.4) is 0 Å². The fourth-order valence-electron chi connectivity index (χ4n) is 0.938. The maximum atomic E-state index is 10.6. The van der Waals surface area contributed by atoms with Gasteiger partial charge in [0, 0.05) is 0 Å². The van der Waals surface area contributed by atoms with E-state index in [0.717, 1.165) is 12.6 Å². The van der Waals surface area contributed by atoms with E-state index >= 15 is 0 Å². The molecule has 0 aromatic carbocycles. The standard InChI is InChI=1S/C8H18OP/c1-3-4-5-6-7-8-10(2)9/h3-8H2,1-2H3/q+1. The van der Waals surface area contributed by atoms with Crippen LogP contribution in [-0.4, -0.2) is 12.8 Å². The summed E-state index contributed by atoms with van der Waals surface area (Å²) in [6, 6.07) is 0. The minimum Gasteiger partial charge on any atom is -0.0752 e. The lowest BCUT2D eigenvalue weighted by molar-refractivity contribution is 0.586. The van der Waals surface area contributed by atoms with Gasteiger partial charge in [0.05, 0.1) is 0 Å². The largest absolute Gasteiger partial charge is 0.335 e. The molecule has 0 aliphatic heterocycles. The lowest BCUT2D eigenvalue weighted by Crippen LogP contribution is -1.79. The molecule has 0 aliphatic carbocycles. The monoisotopic (exact) mass is 161 g/mol. The molecule has 0 aromatic heterocycles. The van der Waals surface area contributed by atoms with Crippen molar-refractivity contribution in [3.8, 4) is 0 Å². The highest BCUT2D eigenvalue weighted by Gasteiger charge is 2.02. The Balaban J connectivity index is 2.84. The molecule has 0 saturated carbocycles. The van der Waals surface area contributed by atoms with Crippen LogP contribution < -0.4 is 0 Å². The van der Waals surface area contributed by atoms with Crippen molar-refractivity contribution in [1.29, 1.82) is 0 Å². The molecule has 2 heteroatoms. The Bertz CT molecular complexity index is 91.3. The molecule has 0 N–H and O–H groups in total. The van der Waals surface area contributed by atoms with Gasteiger partial charge in [0.25, 0.3) is 0 Å². The zero-order chi connectivity index (χ0) is 7.82. The molecule has 0 aliphatic rings. The molecule has 0 aromatic rings. The van der Waals surface area contributed by atoms with Gasteiger partial charge < -0.3 is 0 Å². The summed E-state index contributed by atoms with van der Waals surface area (Å²) in [5, 5.41) is 0. The Morgan fingerprint density at radius 1 is 1.10 bits per heavy atom. The predicted molar refractivity (Wildman–Crippen MR) is 47.2 cm³/mol. The maximum absolute atomic E-state index is 10.6. The maximum Gasteiger partial charge on any atom is 0.335 e. The van der Waals surface area contributed by atoms with Crippen LogP contribution in [0.5, 0.6) is 0 Å². The Labute approximate surface area is 65.0 Å². The van der Waals surface area contributed by atoms with E-state index in [1.54, 1.807) is 0 Å². The highest BCUT2D eigenvalue weighted by Crippen LogP contribution is 2.16. The van der Waals surface area contributed by atoms with E-state index in [0.29, 0.717) is 0 Å². The number of hydrogen-bond acceptors (Lipinski definition) is 1. The molecular weight excluding hydrogens is 143 g/mol. The number of rotatable bonds is 6. The van der Waals surface area contributed by atoms with Crippen LogP contribution in [0.4, 0.5) is 0 Å². The molecule has 0 spiro atoms. The van der Waals surface area contributed by atoms with Crippen molar-refractivity contribution in [3.05, 3.63) is 0 Å². The second-order valence-electron chi connectivity index (χ2n) is 2.77. The van der Waals surface area contributed by atoms with Crippen molar-refractivity contribution in [2.45, 2.75) is 39.0 Å². The summed E-state index contributed by atoms with van der Waals surface area (Å²) in [6.07, 6.45) is 7.30. The van der Waals surface area contributed by atoms with E-state index in [-0.39, 0.29) is 0 Å². The smallest absolute Gasteiger partial charge is 0.0752 e. The fraction of sp³-hybridized carbons (Fsp3) is 1.00. The number of unbranched alkanes of at least 4 members (excludes halogenated alkanes) is 4. The first-order valence-electron chi connectivity index (χ1n) is 4.15. The summed E-state index contributed by atoms with van der Waals surface area (Å²) in [4.78, 5) is 0. The quantitative estimate of drug-likeness (QED) is 0.431. The van der Waals surface area contributed by atoms with E-state index in [1.165, 1.54) is 25.7 Å². The van der Waals surface area contributed by atoms with Crippen molar-refractivity contribution >= 4 is 7.80 Å². The summed E-state index contributed by atoms with van der Waals surface area (Å²) in [5.74, 6) is 0. The second-order valence-corrected chi connectivity index (χ2v) is 4.47. The first kappa shape index (κ1) is 10.1. The van der Waals surface area contributed by atoms with Crippen LogP contribution in [-0.2, 0) is 4.57 Å². The molecule has 60 valence electrons. The molecular formula is C8H18OP+. The summed E-state index contributed by atoms with van der Waals surface area (Å²) in [6.45, 7) is 4.02. The summed E-state index contributed by atoms with van der Waals surface area (Å²) < 4.78 is 10.6. The van der Waals surface area contributed by atoms with Gasteiger partial charge in [-0.3, -0.25) is 0 Å². The Morgan fingerprint density at radius 3 is 2.20 bits per heavy atom. The minimum absolute atomic E-state index is 0.871. The van der Waals surface area contributed by atoms with Crippen molar-refractivity contribution in [3.63, 3.8) is 0 Å². The molecule has 10 heavy (non-hydrogen) atoms. The van der Waals surface area contributed by atoms with E-state index in [2.05, 4.69) is 6.92 Å². The van der Waals surface area contributed by atoms with Gasteiger partial charge in [-0.05, 0) is 12.8 Å². The van der Waals surface area contributed by atoms with E-state index < -0.39 is 7.80 Å². The molecule has 0 heterocycles. The lowest BCUT2D eigenvalue weighted by Gasteiger charge is -1.92. The minimum atomic E-state index is -0.871. The molecule has 0 bridgehead atoms. The van der Waals surface area contributed by atoms with Crippen LogP contribution in [0, 0.1) is 0 Å². The molecule has 0 fully saturated rings. The van der Waals surface area contributed by atoms with Crippen LogP contribution in [0.15, 0.2) is 0 Å². The van der Waals surface area contributed by atoms with Crippen LogP contribution in [0.2, 0.25) is 0 Å². The van der Waals surface area contributed by atoms with E-state index in [1.807, 2.05) is 6.66 Å². The van der Waals surface area contributed by atoms with E-state index in [9.17, 15) is 4.57 Å². The topological polar surface area (TPSA) is 17.1 Å². The van der Waals surface area contributed by atoms with Crippen molar-refractivity contribution in [2.24, 2.45) is 0 Å². The van der Waals surface area contributed by atoms with Gasteiger partial charge >= 0.3 is 7.80 Å². The zero-order valence-electron chi connectivity index (χ0n) is 7.10. The SMILES string of the molecule is CCCCCCC[P+](C)=O. The zero-order valence-corrected chi connectivity index (χ0v) is 7.99. The van der Waals surface area contributed by atoms with Gasteiger partial charge in [0.15, 0.2) is 0 Å². The molecule has 1 nitrogen and oxygen atoms in total.